The molecule has 0 aliphatic carbocycles. The van der Waals surface area contributed by atoms with Crippen molar-refractivity contribution in [3.8, 4) is 11.5 Å². The SMILES string of the molecule is Cc1noc(-c2ccc(C(=O)Nc3ccc(S(=O)(=O)N(C)Cc4ccccc4)cc3)cc2)n1. The molecule has 0 unspecified atom stereocenters. The van der Waals surface area contributed by atoms with Crippen LogP contribution >= 0.6 is 0 Å². The number of aryl methyl sites for hydroxylation is 1. The van der Waals surface area contributed by atoms with Crippen LogP contribution in [0.4, 0.5) is 5.69 Å². The van der Waals surface area contributed by atoms with Gasteiger partial charge in [0.2, 0.25) is 10.0 Å². The van der Waals surface area contributed by atoms with Crippen molar-refractivity contribution in [2.45, 2.75) is 18.4 Å². The number of hydrogen-bond donors (Lipinski definition) is 1. The van der Waals surface area contributed by atoms with Crippen LogP contribution in [0.2, 0.25) is 0 Å². The Bertz CT molecular complexity index is 1350. The molecule has 0 saturated carbocycles. The van der Waals surface area contributed by atoms with E-state index < -0.39 is 10.0 Å². The zero-order valence-corrected chi connectivity index (χ0v) is 18.9. The molecule has 0 saturated heterocycles. The molecule has 4 rings (SSSR count). The van der Waals surface area contributed by atoms with E-state index in [0.29, 0.717) is 28.5 Å². The van der Waals surface area contributed by atoms with Crippen LogP contribution in [0.25, 0.3) is 11.5 Å². The van der Waals surface area contributed by atoms with Crippen molar-refractivity contribution < 1.29 is 17.7 Å². The first kappa shape index (κ1) is 22.4. The van der Waals surface area contributed by atoms with Crippen LogP contribution in [0.1, 0.15) is 21.7 Å². The van der Waals surface area contributed by atoms with Crippen LogP contribution in [-0.4, -0.2) is 35.8 Å². The maximum absolute atomic E-state index is 12.9. The van der Waals surface area contributed by atoms with Gasteiger partial charge in [-0.25, -0.2) is 8.42 Å². The van der Waals surface area contributed by atoms with E-state index in [1.807, 2.05) is 30.3 Å². The minimum Gasteiger partial charge on any atom is -0.334 e. The quantitative estimate of drug-likeness (QED) is 0.443. The minimum atomic E-state index is -3.66. The molecule has 0 fully saturated rings. The Balaban J connectivity index is 1.42. The van der Waals surface area contributed by atoms with Crippen LogP contribution in [0, 0.1) is 6.92 Å². The summed E-state index contributed by atoms with van der Waals surface area (Å²) in [5.41, 5.74) is 2.53. The Hall–Kier alpha value is -3.82. The van der Waals surface area contributed by atoms with Crippen molar-refractivity contribution >= 4 is 21.6 Å². The highest BCUT2D eigenvalue weighted by Gasteiger charge is 2.21. The predicted molar refractivity (Wildman–Crippen MR) is 124 cm³/mol. The second-order valence-electron chi connectivity index (χ2n) is 7.45. The molecule has 0 aliphatic heterocycles. The molecule has 0 bridgehead atoms. The minimum absolute atomic E-state index is 0.151. The molecule has 1 heterocycles. The highest BCUT2D eigenvalue weighted by molar-refractivity contribution is 7.89. The van der Waals surface area contributed by atoms with Gasteiger partial charge in [0, 0.05) is 30.4 Å². The number of aromatic nitrogens is 2. The molecule has 3 aromatic carbocycles. The van der Waals surface area contributed by atoms with Gasteiger partial charge < -0.3 is 9.84 Å². The summed E-state index contributed by atoms with van der Waals surface area (Å²) >= 11 is 0. The predicted octanol–water partition coefficient (Wildman–Crippen LogP) is 4.12. The summed E-state index contributed by atoms with van der Waals surface area (Å²) in [6.07, 6.45) is 0. The number of rotatable bonds is 7. The summed E-state index contributed by atoms with van der Waals surface area (Å²) in [4.78, 5) is 16.9. The first-order chi connectivity index (χ1) is 15.8. The maximum atomic E-state index is 12.9. The molecule has 1 aromatic heterocycles. The van der Waals surface area contributed by atoms with Gasteiger partial charge in [0.05, 0.1) is 4.90 Å². The number of nitrogens with zero attached hydrogens (tertiary/aromatic N) is 3. The van der Waals surface area contributed by atoms with E-state index in [9.17, 15) is 13.2 Å². The number of carbonyl (C=O) groups is 1. The van der Waals surface area contributed by atoms with Crippen LogP contribution in [0.3, 0.4) is 0 Å². The van der Waals surface area contributed by atoms with Crippen LogP contribution in [0.5, 0.6) is 0 Å². The zero-order chi connectivity index (χ0) is 23.4. The monoisotopic (exact) mass is 462 g/mol. The van der Waals surface area contributed by atoms with Crippen molar-refractivity contribution in [1.29, 1.82) is 0 Å². The molecule has 8 nitrogen and oxygen atoms in total. The van der Waals surface area contributed by atoms with Gasteiger partial charge in [-0.3, -0.25) is 4.79 Å². The molecule has 1 amide bonds. The third-order valence-electron chi connectivity index (χ3n) is 4.99. The molecule has 4 aromatic rings. The van der Waals surface area contributed by atoms with Gasteiger partial charge in [0.15, 0.2) is 5.82 Å². The lowest BCUT2D eigenvalue weighted by Crippen LogP contribution is -2.26. The standard InChI is InChI=1S/C24H22N4O4S/c1-17-25-24(32-27-17)20-10-8-19(9-11-20)23(29)26-21-12-14-22(15-13-21)33(30,31)28(2)16-18-6-4-3-5-7-18/h3-15H,16H2,1-2H3,(H,26,29). The Kier molecular flexibility index (Phi) is 6.34. The first-order valence-electron chi connectivity index (χ1n) is 10.2. The van der Waals surface area contributed by atoms with Crippen molar-refractivity contribution in [3.05, 3.63) is 95.8 Å². The van der Waals surface area contributed by atoms with E-state index >= 15 is 0 Å². The second kappa shape index (κ2) is 9.35. The number of amides is 1. The average molecular weight is 463 g/mol. The van der Waals surface area contributed by atoms with Gasteiger partial charge in [-0.2, -0.15) is 9.29 Å². The number of anilines is 1. The zero-order valence-electron chi connectivity index (χ0n) is 18.1. The summed E-state index contributed by atoms with van der Waals surface area (Å²) in [6, 6.07) is 22.2. The summed E-state index contributed by atoms with van der Waals surface area (Å²) in [6.45, 7) is 1.99. The Morgan fingerprint density at radius 3 is 2.24 bits per heavy atom. The lowest BCUT2D eigenvalue weighted by molar-refractivity contribution is 0.102. The third-order valence-corrected chi connectivity index (χ3v) is 6.81. The highest BCUT2D eigenvalue weighted by Crippen LogP contribution is 2.21. The molecule has 0 spiro atoms. The molecule has 0 aliphatic rings. The highest BCUT2D eigenvalue weighted by atomic mass is 32.2. The van der Waals surface area contributed by atoms with E-state index in [2.05, 4.69) is 15.5 Å². The molecule has 33 heavy (non-hydrogen) atoms. The number of carbonyl (C=O) groups excluding carboxylic acids is 1. The van der Waals surface area contributed by atoms with Gasteiger partial charge in [-0.15, -0.1) is 0 Å². The number of nitrogens with one attached hydrogen (secondary N) is 1. The normalized spacial score (nSPS) is 11.5. The third kappa shape index (κ3) is 5.16. The molecule has 1 N–H and O–H groups in total. The van der Waals surface area contributed by atoms with Crippen LogP contribution < -0.4 is 5.32 Å². The Morgan fingerprint density at radius 2 is 1.64 bits per heavy atom. The molecular weight excluding hydrogens is 440 g/mol. The first-order valence-corrected chi connectivity index (χ1v) is 11.6. The van der Waals surface area contributed by atoms with Crippen molar-refractivity contribution in [3.63, 3.8) is 0 Å². The summed E-state index contributed by atoms with van der Waals surface area (Å²) in [5, 5.41) is 6.52. The van der Waals surface area contributed by atoms with Gasteiger partial charge in [-0.05, 0) is 61.0 Å². The molecular formula is C24H22N4O4S. The van der Waals surface area contributed by atoms with Gasteiger partial charge >= 0.3 is 0 Å². The van der Waals surface area contributed by atoms with E-state index in [-0.39, 0.29) is 17.3 Å². The molecule has 168 valence electrons. The average Bonchev–Trinajstić information content (AvgIpc) is 3.26. The van der Waals surface area contributed by atoms with Gasteiger partial charge in [0.1, 0.15) is 0 Å². The number of hydrogen-bond acceptors (Lipinski definition) is 6. The van der Waals surface area contributed by atoms with E-state index in [1.54, 1.807) is 43.3 Å². The van der Waals surface area contributed by atoms with Gasteiger partial charge in [0.25, 0.3) is 11.8 Å². The van der Waals surface area contributed by atoms with Crippen molar-refractivity contribution in [2.75, 3.05) is 12.4 Å². The van der Waals surface area contributed by atoms with Crippen LogP contribution in [0.15, 0.2) is 88.3 Å². The smallest absolute Gasteiger partial charge is 0.257 e. The van der Waals surface area contributed by atoms with Gasteiger partial charge in [-0.1, -0.05) is 35.5 Å². The van der Waals surface area contributed by atoms with E-state index in [0.717, 1.165) is 5.56 Å². The molecule has 0 radical (unpaired) electrons. The number of benzene rings is 3. The van der Waals surface area contributed by atoms with Crippen molar-refractivity contribution in [2.24, 2.45) is 0 Å². The summed E-state index contributed by atoms with van der Waals surface area (Å²) in [5.74, 6) is 0.595. The Morgan fingerprint density at radius 1 is 0.970 bits per heavy atom. The fourth-order valence-electron chi connectivity index (χ4n) is 3.20. The number of sulfonamides is 1. The largest absolute Gasteiger partial charge is 0.334 e. The van der Waals surface area contributed by atoms with E-state index in [1.165, 1.54) is 23.5 Å². The van der Waals surface area contributed by atoms with Crippen molar-refractivity contribution in [1.82, 2.24) is 14.4 Å². The maximum Gasteiger partial charge on any atom is 0.257 e. The summed E-state index contributed by atoms with van der Waals surface area (Å²) < 4.78 is 32.1. The topological polar surface area (TPSA) is 105 Å². The lowest BCUT2D eigenvalue weighted by Gasteiger charge is -2.17. The summed E-state index contributed by atoms with van der Waals surface area (Å²) in [7, 11) is -2.12. The van der Waals surface area contributed by atoms with Crippen LogP contribution in [-0.2, 0) is 16.6 Å². The second-order valence-corrected chi connectivity index (χ2v) is 9.49. The molecule has 9 heteroatoms. The lowest BCUT2D eigenvalue weighted by atomic mass is 10.1. The fourth-order valence-corrected chi connectivity index (χ4v) is 4.36. The Labute approximate surface area is 191 Å². The van der Waals surface area contributed by atoms with E-state index in [4.69, 9.17) is 4.52 Å². The fraction of sp³-hybridized carbons (Fsp3) is 0.125. The molecule has 0 atom stereocenters.